The van der Waals surface area contributed by atoms with E-state index in [4.69, 9.17) is 9.84 Å². The van der Waals surface area contributed by atoms with E-state index in [0.717, 1.165) is 22.3 Å². The number of aromatic hydroxyl groups is 1. The van der Waals surface area contributed by atoms with Crippen molar-refractivity contribution in [2.45, 2.75) is 19.3 Å². The summed E-state index contributed by atoms with van der Waals surface area (Å²) in [5.74, 6) is -2.49. The van der Waals surface area contributed by atoms with Crippen molar-refractivity contribution in [1.82, 2.24) is 5.32 Å². The lowest BCUT2D eigenvalue weighted by molar-refractivity contribution is -0.119. The fraction of sp³-hybridized carbons (Fsp3) is 0.222. The molecule has 8 nitrogen and oxygen atoms in total. The van der Waals surface area contributed by atoms with Crippen LogP contribution in [-0.4, -0.2) is 41.3 Å². The van der Waals surface area contributed by atoms with Crippen LogP contribution in [0, 0.1) is 5.92 Å². The number of fused-ring (bicyclic) bond motifs is 3. The van der Waals surface area contributed by atoms with Gasteiger partial charge in [-0.2, -0.15) is 0 Å². The van der Waals surface area contributed by atoms with Crippen molar-refractivity contribution in [3.63, 3.8) is 0 Å². The van der Waals surface area contributed by atoms with Crippen LogP contribution >= 0.6 is 0 Å². The SMILES string of the molecule is CC(CCNC(=O)OCC1c2ccccc2-c2ccccc21)C(=O)Nc1ccc(O)c(C(=O)O)c1. The molecule has 2 amide bonds. The minimum absolute atomic E-state index is 0.0288. The molecule has 0 radical (unpaired) electrons. The summed E-state index contributed by atoms with van der Waals surface area (Å²) in [5.41, 5.74) is 4.54. The van der Waals surface area contributed by atoms with Crippen molar-refractivity contribution in [1.29, 1.82) is 0 Å². The zero-order chi connectivity index (χ0) is 24.9. The highest BCUT2D eigenvalue weighted by Gasteiger charge is 2.29. The van der Waals surface area contributed by atoms with E-state index in [0.29, 0.717) is 6.42 Å². The maximum Gasteiger partial charge on any atom is 0.407 e. The van der Waals surface area contributed by atoms with Crippen LogP contribution in [0.3, 0.4) is 0 Å². The van der Waals surface area contributed by atoms with Gasteiger partial charge in [0.25, 0.3) is 0 Å². The van der Waals surface area contributed by atoms with Gasteiger partial charge in [-0.3, -0.25) is 4.79 Å². The molecule has 4 N–H and O–H groups in total. The third-order valence-electron chi connectivity index (χ3n) is 6.13. The number of rotatable bonds is 8. The normalized spacial score (nSPS) is 12.8. The minimum Gasteiger partial charge on any atom is -0.507 e. The molecule has 0 bridgehead atoms. The zero-order valence-corrected chi connectivity index (χ0v) is 19.2. The van der Waals surface area contributed by atoms with Gasteiger partial charge in [-0.25, -0.2) is 9.59 Å². The first-order chi connectivity index (χ1) is 16.8. The molecule has 0 heterocycles. The number of alkyl carbamates (subject to hydrolysis) is 1. The van der Waals surface area contributed by atoms with Gasteiger partial charge in [0.15, 0.2) is 0 Å². The topological polar surface area (TPSA) is 125 Å². The van der Waals surface area contributed by atoms with Crippen LogP contribution in [0.1, 0.15) is 40.7 Å². The number of ether oxygens (including phenoxy) is 1. The van der Waals surface area contributed by atoms with Gasteiger partial charge in [-0.05, 0) is 46.9 Å². The predicted molar refractivity (Wildman–Crippen MR) is 131 cm³/mol. The molecule has 1 aliphatic rings. The van der Waals surface area contributed by atoms with Gasteiger partial charge < -0.3 is 25.6 Å². The second-order valence-electron chi connectivity index (χ2n) is 8.47. The number of anilines is 1. The monoisotopic (exact) mass is 474 g/mol. The first kappa shape index (κ1) is 23.8. The number of hydrogen-bond acceptors (Lipinski definition) is 5. The molecule has 0 spiro atoms. The summed E-state index contributed by atoms with van der Waals surface area (Å²) < 4.78 is 5.49. The highest BCUT2D eigenvalue weighted by Crippen LogP contribution is 2.44. The van der Waals surface area contributed by atoms with Crippen molar-refractivity contribution in [3.05, 3.63) is 83.4 Å². The predicted octanol–water partition coefficient (Wildman–Crippen LogP) is 4.59. The van der Waals surface area contributed by atoms with Crippen LogP contribution in [0.15, 0.2) is 66.7 Å². The van der Waals surface area contributed by atoms with E-state index in [2.05, 4.69) is 34.9 Å². The lowest BCUT2D eigenvalue weighted by Crippen LogP contribution is -2.30. The quantitative estimate of drug-likeness (QED) is 0.354. The van der Waals surface area contributed by atoms with Crippen LogP contribution in [0.2, 0.25) is 0 Å². The molecule has 0 fully saturated rings. The molecule has 1 unspecified atom stereocenters. The molecule has 180 valence electrons. The van der Waals surface area contributed by atoms with Crippen molar-refractivity contribution >= 4 is 23.7 Å². The Bertz CT molecular complexity index is 1230. The minimum atomic E-state index is -1.29. The number of aromatic carboxylic acids is 1. The van der Waals surface area contributed by atoms with E-state index in [-0.39, 0.29) is 42.0 Å². The maximum absolute atomic E-state index is 12.4. The molecule has 1 aliphatic carbocycles. The van der Waals surface area contributed by atoms with Crippen molar-refractivity contribution < 1.29 is 29.3 Å². The van der Waals surface area contributed by atoms with E-state index in [1.54, 1.807) is 6.92 Å². The van der Waals surface area contributed by atoms with E-state index in [1.165, 1.54) is 18.2 Å². The van der Waals surface area contributed by atoms with E-state index < -0.39 is 18.0 Å². The van der Waals surface area contributed by atoms with Crippen molar-refractivity contribution in [3.8, 4) is 16.9 Å². The third kappa shape index (κ3) is 5.27. The molecular formula is C27H26N2O6. The molecule has 1 atom stereocenters. The molecular weight excluding hydrogens is 448 g/mol. The van der Waals surface area contributed by atoms with Gasteiger partial charge in [0.2, 0.25) is 5.91 Å². The van der Waals surface area contributed by atoms with Gasteiger partial charge >= 0.3 is 12.1 Å². The summed E-state index contributed by atoms with van der Waals surface area (Å²) in [6.45, 7) is 2.15. The fourth-order valence-corrected chi connectivity index (χ4v) is 4.22. The van der Waals surface area contributed by atoms with Crippen LogP contribution in [0.5, 0.6) is 5.75 Å². The molecule has 8 heteroatoms. The second kappa shape index (κ2) is 10.3. The summed E-state index contributed by atoms with van der Waals surface area (Å²) in [7, 11) is 0. The first-order valence-corrected chi connectivity index (χ1v) is 11.3. The largest absolute Gasteiger partial charge is 0.507 e. The number of amides is 2. The van der Waals surface area contributed by atoms with Gasteiger partial charge in [0.05, 0.1) is 0 Å². The van der Waals surface area contributed by atoms with Gasteiger partial charge in [0, 0.05) is 24.1 Å². The Morgan fingerprint density at radius 1 is 0.971 bits per heavy atom. The number of nitrogens with one attached hydrogen (secondary N) is 2. The van der Waals surface area contributed by atoms with Crippen LogP contribution in [0.25, 0.3) is 11.1 Å². The Morgan fingerprint density at radius 3 is 2.23 bits per heavy atom. The van der Waals surface area contributed by atoms with Gasteiger partial charge in [-0.15, -0.1) is 0 Å². The van der Waals surface area contributed by atoms with Crippen LogP contribution in [-0.2, 0) is 9.53 Å². The molecule has 3 aromatic carbocycles. The summed E-state index contributed by atoms with van der Waals surface area (Å²) in [6.07, 6.45) is -0.191. The Labute approximate surface area is 202 Å². The Morgan fingerprint density at radius 2 is 1.60 bits per heavy atom. The third-order valence-corrected chi connectivity index (χ3v) is 6.13. The van der Waals surface area contributed by atoms with Crippen LogP contribution in [0.4, 0.5) is 10.5 Å². The van der Waals surface area contributed by atoms with Gasteiger partial charge in [0.1, 0.15) is 17.9 Å². The smallest absolute Gasteiger partial charge is 0.407 e. The summed E-state index contributed by atoms with van der Waals surface area (Å²) in [4.78, 5) is 35.8. The number of carboxylic acids is 1. The Hall–Kier alpha value is -4.33. The molecule has 0 aliphatic heterocycles. The second-order valence-corrected chi connectivity index (χ2v) is 8.47. The number of benzene rings is 3. The molecule has 0 saturated carbocycles. The fourth-order valence-electron chi connectivity index (χ4n) is 4.22. The van der Waals surface area contributed by atoms with E-state index in [1.807, 2.05) is 24.3 Å². The van der Waals surface area contributed by atoms with E-state index >= 15 is 0 Å². The number of carbonyl (C=O) groups is 3. The lowest BCUT2D eigenvalue weighted by atomic mass is 9.98. The Balaban J connectivity index is 1.25. The standard InChI is InChI=1S/C27H26N2O6/c1-16(25(31)29-17-10-11-24(30)22(14-17)26(32)33)12-13-28-27(34)35-15-23-20-8-4-2-6-18(20)19-7-3-5-9-21(19)23/h2-11,14,16,23,30H,12-13,15H2,1H3,(H,28,34)(H,29,31)(H,32,33). The molecule has 0 saturated heterocycles. The van der Waals surface area contributed by atoms with E-state index in [9.17, 15) is 19.5 Å². The summed E-state index contributed by atoms with van der Waals surface area (Å²) in [5, 5.41) is 24.0. The maximum atomic E-state index is 12.4. The average Bonchev–Trinajstić information content (AvgIpc) is 3.17. The van der Waals surface area contributed by atoms with Crippen molar-refractivity contribution in [2.24, 2.45) is 5.92 Å². The number of carbonyl (C=O) groups excluding carboxylic acids is 2. The zero-order valence-electron chi connectivity index (χ0n) is 19.2. The van der Waals surface area contributed by atoms with Crippen LogP contribution < -0.4 is 10.6 Å². The number of phenols is 1. The molecule has 3 aromatic rings. The number of hydrogen-bond donors (Lipinski definition) is 4. The van der Waals surface area contributed by atoms with Gasteiger partial charge in [-0.1, -0.05) is 55.5 Å². The molecule has 4 rings (SSSR count). The first-order valence-electron chi connectivity index (χ1n) is 11.3. The molecule has 0 aromatic heterocycles. The number of carboxylic acid groups (broad SMARTS) is 1. The Kier molecular flexibility index (Phi) is 7.01. The van der Waals surface area contributed by atoms with Crippen molar-refractivity contribution in [2.75, 3.05) is 18.5 Å². The summed E-state index contributed by atoms with van der Waals surface area (Å²) in [6, 6.07) is 20.0. The highest BCUT2D eigenvalue weighted by molar-refractivity contribution is 5.96. The highest BCUT2D eigenvalue weighted by atomic mass is 16.5. The summed E-state index contributed by atoms with van der Waals surface area (Å²) >= 11 is 0. The molecule has 35 heavy (non-hydrogen) atoms. The lowest BCUT2D eigenvalue weighted by Gasteiger charge is -2.16. The average molecular weight is 475 g/mol.